The van der Waals surface area contributed by atoms with Crippen molar-refractivity contribution in [3.8, 4) is 0 Å². The van der Waals surface area contributed by atoms with E-state index in [0.717, 1.165) is 96.3 Å². The molecule has 0 aliphatic rings. The van der Waals surface area contributed by atoms with E-state index in [1.165, 1.54) is 161 Å². The largest absolute Gasteiger partial charge is 0.462 e. The average molecular weight is 952 g/mol. The quantitative estimate of drug-likeness (QED) is 0.0262. The molecule has 0 aromatic heterocycles. The summed E-state index contributed by atoms with van der Waals surface area (Å²) in [6.45, 7) is 6.47. The Morgan fingerprint density at radius 1 is 0.309 bits per heavy atom. The van der Waals surface area contributed by atoms with E-state index in [4.69, 9.17) is 14.2 Å². The van der Waals surface area contributed by atoms with E-state index in [0.29, 0.717) is 19.3 Å². The second kappa shape index (κ2) is 56.7. The molecule has 394 valence electrons. The second-order valence-electron chi connectivity index (χ2n) is 19.5. The topological polar surface area (TPSA) is 78.9 Å². The van der Waals surface area contributed by atoms with E-state index in [9.17, 15) is 14.4 Å². The van der Waals surface area contributed by atoms with Gasteiger partial charge in [0.15, 0.2) is 6.10 Å². The molecular weight excluding hydrogens is 841 g/mol. The first kappa shape index (κ1) is 65.1. The Morgan fingerprint density at radius 3 is 0.912 bits per heavy atom. The first-order valence-corrected chi connectivity index (χ1v) is 29.3. The van der Waals surface area contributed by atoms with Crippen molar-refractivity contribution >= 4 is 17.9 Å². The van der Waals surface area contributed by atoms with E-state index in [1.807, 2.05) is 0 Å². The van der Waals surface area contributed by atoms with Gasteiger partial charge in [-0.3, -0.25) is 14.4 Å². The molecule has 1 unspecified atom stereocenters. The third-order valence-electron chi connectivity index (χ3n) is 12.8. The molecule has 0 aliphatic carbocycles. The lowest BCUT2D eigenvalue weighted by atomic mass is 10.0. The highest BCUT2D eigenvalue weighted by atomic mass is 16.6. The van der Waals surface area contributed by atoms with Crippen molar-refractivity contribution in [2.75, 3.05) is 13.2 Å². The van der Waals surface area contributed by atoms with Crippen molar-refractivity contribution in [3.63, 3.8) is 0 Å². The molecule has 0 aromatic rings. The van der Waals surface area contributed by atoms with Gasteiger partial charge in [-0.25, -0.2) is 0 Å². The SMILES string of the molecule is CC/C=C\C/C=C\C/C=C\C/C=C\CCCCCCC(=O)OC(COC(=O)CCCCCCCC)COC(=O)CCCCCCCCCCCCCCCCC/C=C\CCCCCCCCCC. The predicted molar refractivity (Wildman–Crippen MR) is 293 cm³/mol. The van der Waals surface area contributed by atoms with Gasteiger partial charge in [-0.15, -0.1) is 0 Å². The van der Waals surface area contributed by atoms with Gasteiger partial charge in [-0.2, -0.15) is 0 Å². The van der Waals surface area contributed by atoms with Gasteiger partial charge < -0.3 is 14.2 Å². The number of carbonyl (C=O) groups excluding carboxylic acids is 3. The van der Waals surface area contributed by atoms with Crippen molar-refractivity contribution in [2.45, 2.75) is 303 Å². The molecule has 0 radical (unpaired) electrons. The van der Waals surface area contributed by atoms with Gasteiger partial charge in [0.05, 0.1) is 0 Å². The van der Waals surface area contributed by atoms with Gasteiger partial charge in [-0.1, -0.05) is 255 Å². The van der Waals surface area contributed by atoms with Gasteiger partial charge in [0, 0.05) is 19.3 Å². The highest BCUT2D eigenvalue weighted by Gasteiger charge is 2.19. The van der Waals surface area contributed by atoms with Crippen LogP contribution in [0.1, 0.15) is 297 Å². The van der Waals surface area contributed by atoms with Gasteiger partial charge in [0.2, 0.25) is 0 Å². The van der Waals surface area contributed by atoms with Crippen LogP contribution in [0.3, 0.4) is 0 Å². The van der Waals surface area contributed by atoms with Crippen LogP contribution in [0.4, 0.5) is 0 Å². The van der Waals surface area contributed by atoms with E-state index in [1.54, 1.807) is 0 Å². The third kappa shape index (κ3) is 54.1. The summed E-state index contributed by atoms with van der Waals surface area (Å²) in [6.07, 6.45) is 71.2. The monoisotopic (exact) mass is 951 g/mol. The summed E-state index contributed by atoms with van der Waals surface area (Å²) in [5, 5.41) is 0. The Kier molecular flexibility index (Phi) is 54.3. The van der Waals surface area contributed by atoms with Crippen LogP contribution in [0.25, 0.3) is 0 Å². The molecule has 0 saturated heterocycles. The zero-order valence-electron chi connectivity index (χ0n) is 45.1. The normalized spacial score (nSPS) is 12.5. The van der Waals surface area contributed by atoms with Gasteiger partial charge in [0.25, 0.3) is 0 Å². The number of allylic oxidation sites excluding steroid dienone is 10. The number of hydrogen-bond donors (Lipinski definition) is 0. The summed E-state index contributed by atoms with van der Waals surface area (Å²) in [5.74, 6) is -0.907. The molecule has 0 aromatic carbocycles. The van der Waals surface area contributed by atoms with Crippen molar-refractivity contribution in [1.82, 2.24) is 0 Å². The minimum atomic E-state index is -0.783. The summed E-state index contributed by atoms with van der Waals surface area (Å²) in [6, 6.07) is 0. The number of carbonyl (C=O) groups is 3. The molecule has 0 saturated carbocycles. The fraction of sp³-hybridized carbons (Fsp3) is 0.790. The Hall–Kier alpha value is -2.89. The zero-order chi connectivity index (χ0) is 49.3. The summed E-state index contributed by atoms with van der Waals surface area (Å²) in [4.78, 5) is 37.9. The van der Waals surface area contributed by atoms with E-state index < -0.39 is 6.10 Å². The molecular formula is C62H110O6. The van der Waals surface area contributed by atoms with Crippen LogP contribution in [0.5, 0.6) is 0 Å². The molecule has 0 spiro atoms. The van der Waals surface area contributed by atoms with E-state index in [-0.39, 0.29) is 31.1 Å². The third-order valence-corrected chi connectivity index (χ3v) is 12.8. The van der Waals surface area contributed by atoms with Crippen LogP contribution in [-0.2, 0) is 28.6 Å². The lowest BCUT2D eigenvalue weighted by Crippen LogP contribution is -2.30. The Balaban J connectivity index is 4.08. The van der Waals surface area contributed by atoms with Crippen LogP contribution >= 0.6 is 0 Å². The standard InChI is InChI=1S/C62H110O6/c1-4-7-10-13-16-18-20-22-24-26-27-28-29-30-31-32-33-34-35-37-38-40-42-44-46-49-52-55-61(64)67-58-59(57-66-60(63)54-51-48-15-12-9-6-3)68-62(65)56-53-50-47-45-43-41-39-36-25-23-21-19-17-14-11-8-5-2/h8,11,17,19,23,25-27,39,41,59H,4-7,9-10,12-16,18,20-22,24,28-38,40,42-58H2,1-3H3/b11-8-,19-17-,25-23-,27-26-,41-39-. The Labute approximate surface area is 421 Å². The van der Waals surface area contributed by atoms with Crippen molar-refractivity contribution in [2.24, 2.45) is 0 Å². The molecule has 0 N–H and O–H groups in total. The maximum atomic E-state index is 12.8. The zero-order valence-corrected chi connectivity index (χ0v) is 45.1. The van der Waals surface area contributed by atoms with Crippen molar-refractivity contribution < 1.29 is 28.6 Å². The van der Waals surface area contributed by atoms with Crippen LogP contribution in [0.2, 0.25) is 0 Å². The van der Waals surface area contributed by atoms with Crippen molar-refractivity contribution in [3.05, 3.63) is 60.8 Å². The predicted octanol–water partition coefficient (Wildman–Crippen LogP) is 19.6. The number of hydrogen-bond acceptors (Lipinski definition) is 6. The number of esters is 3. The summed E-state index contributed by atoms with van der Waals surface area (Å²) < 4.78 is 16.7. The molecule has 6 heteroatoms. The molecule has 68 heavy (non-hydrogen) atoms. The molecule has 1 atom stereocenters. The summed E-state index contributed by atoms with van der Waals surface area (Å²) >= 11 is 0. The second-order valence-corrected chi connectivity index (χ2v) is 19.5. The smallest absolute Gasteiger partial charge is 0.306 e. The van der Waals surface area contributed by atoms with Gasteiger partial charge in [-0.05, 0) is 83.5 Å². The molecule has 0 rings (SSSR count). The fourth-order valence-electron chi connectivity index (χ4n) is 8.37. The number of ether oxygens (including phenoxy) is 3. The van der Waals surface area contributed by atoms with Crippen molar-refractivity contribution in [1.29, 1.82) is 0 Å². The average Bonchev–Trinajstić information content (AvgIpc) is 3.34. The van der Waals surface area contributed by atoms with Gasteiger partial charge >= 0.3 is 17.9 Å². The number of rotatable bonds is 53. The molecule has 0 bridgehead atoms. The maximum Gasteiger partial charge on any atom is 0.306 e. The Bertz CT molecular complexity index is 1230. The van der Waals surface area contributed by atoms with E-state index >= 15 is 0 Å². The molecule has 6 nitrogen and oxygen atoms in total. The van der Waals surface area contributed by atoms with Crippen LogP contribution in [0.15, 0.2) is 60.8 Å². The van der Waals surface area contributed by atoms with Crippen LogP contribution < -0.4 is 0 Å². The summed E-state index contributed by atoms with van der Waals surface area (Å²) in [7, 11) is 0. The highest BCUT2D eigenvalue weighted by Crippen LogP contribution is 2.16. The fourth-order valence-corrected chi connectivity index (χ4v) is 8.37. The van der Waals surface area contributed by atoms with E-state index in [2.05, 4.69) is 81.5 Å². The first-order valence-electron chi connectivity index (χ1n) is 29.3. The minimum absolute atomic E-state index is 0.0823. The number of unbranched alkanes of at least 4 members (excludes halogenated alkanes) is 32. The molecule has 0 fully saturated rings. The van der Waals surface area contributed by atoms with Crippen LogP contribution in [-0.4, -0.2) is 37.2 Å². The molecule has 0 aliphatic heterocycles. The lowest BCUT2D eigenvalue weighted by molar-refractivity contribution is -0.167. The van der Waals surface area contributed by atoms with Crippen LogP contribution in [0, 0.1) is 0 Å². The first-order chi connectivity index (χ1) is 33.5. The highest BCUT2D eigenvalue weighted by molar-refractivity contribution is 5.71. The minimum Gasteiger partial charge on any atom is -0.462 e. The maximum absolute atomic E-state index is 12.8. The molecule has 0 amide bonds. The molecule has 0 heterocycles. The lowest BCUT2D eigenvalue weighted by Gasteiger charge is -2.18. The Morgan fingerprint density at radius 2 is 0.574 bits per heavy atom. The van der Waals surface area contributed by atoms with Gasteiger partial charge in [0.1, 0.15) is 13.2 Å². The summed E-state index contributed by atoms with van der Waals surface area (Å²) in [5.41, 5.74) is 0.